The Morgan fingerprint density at radius 3 is 2.38 bits per heavy atom. The van der Waals surface area contributed by atoms with Gasteiger partial charge in [-0.2, -0.15) is 5.26 Å². The predicted octanol–water partition coefficient (Wildman–Crippen LogP) is 2.55. The summed E-state index contributed by atoms with van der Waals surface area (Å²) in [4.78, 5) is 11.9. The Labute approximate surface area is 95.1 Å². The van der Waals surface area contributed by atoms with Crippen LogP contribution in [0.3, 0.4) is 0 Å². The number of aryl methyl sites for hydroxylation is 2. The zero-order valence-electron chi connectivity index (χ0n) is 9.50. The summed E-state index contributed by atoms with van der Waals surface area (Å²) in [6.45, 7) is 3.91. The van der Waals surface area contributed by atoms with Crippen molar-refractivity contribution in [2.75, 3.05) is 5.32 Å². The molecule has 0 aliphatic heterocycles. The van der Waals surface area contributed by atoms with Crippen molar-refractivity contribution >= 4 is 11.6 Å². The van der Waals surface area contributed by atoms with E-state index < -0.39 is 5.41 Å². The van der Waals surface area contributed by atoms with Gasteiger partial charge in [0.25, 0.3) is 0 Å². The van der Waals surface area contributed by atoms with Gasteiger partial charge in [0.2, 0.25) is 5.91 Å². The van der Waals surface area contributed by atoms with Crippen molar-refractivity contribution in [1.29, 1.82) is 5.26 Å². The molecule has 1 N–H and O–H groups in total. The van der Waals surface area contributed by atoms with Gasteiger partial charge in [0.05, 0.1) is 6.07 Å². The molecule has 1 amide bonds. The van der Waals surface area contributed by atoms with Crippen molar-refractivity contribution in [3.63, 3.8) is 0 Å². The second kappa shape index (κ2) is 3.64. The Hall–Kier alpha value is -1.82. The van der Waals surface area contributed by atoms with Crippen LogP contribution in [0.25, 0.3) is 0 Å². The summed E-state index contributed by atoms with van der Waals surface area (Å²) in [5.74, 6) is -0.160. The van der Waals surface area contributed by atoms with E-state index in [4.69, 9.17) is 5.26 Å². The third kappa shape index (κ3) is 1.67. The SMILES string of the molecule is Cc1cccc(C)c1NC(=O)C1(C#N)CC1. The Morgan fingerprint density at radius 1 is 1.38 bits per heavy atom. The zero-order valence-corrected chi connectivity index (χ0v) is 9.50. The lowest BCUT2D eigenvalue weighted by molar-refractivity contribution is -0.119. The van der Waals surface area contributed by atoms with Crippen LogP contribution < -0.4 is 5.32 Å². The molecule has 0 bridgehead atoms. The second-order valence-corrected chi connectivity index (χ2v) is 4.41. The highest BCUT2D eigenvalue weighted by molar-refractivity contribution is 6.00. The van der Waals surface area contributed by atoms with Crippen molar-refractivity contribution in [1.82, 2.24) is 0 Å². The number of carbonyl (C=O) groups is 1. The average Bonchev–Trinajstić information content (AvgIpc) is 3.04. The minimum absolute atomic E-state index is 0.160. The summed E-state index contributed by atoms with van der Waals surface area (Å²) in [5.41, 5.74) is 2.15. The Balaban J connectivity index is 2.23. The molecule has 0 aromatic heterocycles. The molecule has 82 valence electrons. The highest BCUT2D eigenvalue weighted by Crippen LogP contribution is 2.46. The van der Waals surface area contributed by atoms with Gasteiger partial charge >= 0.3 is 0 Å². The number of para-hydroxylation sites is 1. The first-order valence-electron chi connectivity index (χ1n) is 5.38. The van der Waals surface area contributed by atoms with Gasteiger partial charge < -0.3 is 5.32 Å². The van der Waals surface area contributed by atoms with Gasteiger partial charge in [-0.15, -0.1) is 0 Å². The fourth-order valence-electron chi connectivity index (χ4n) is 1.76. The van der Waals surface area contributed by atoms with Crippen molar-refractivity contribution in [3.05, 3.63) is 29.3 Å². The first kappa shape index (κ1) is 10.7. The van der Waals surface area contributed by atoms with E-state index in [1.165, 1.54) is 0 Å². The van der Waals surface area contributed by atoms with Crippen molar-refractivity contribution in [2.24, 2.45) is 5.41 Å². The van der Waals surface area contributed by atoms with Gasteiger partial charge in [-0.3, -0.25) is 4.79 Å². The minimum atomic E-state index is -0.755. The monoisotopic (exact) mass is 214 g/mol. The van der Waals surface area contributed by atoms with E-state index in [2.05, 4.69) is 11.4 Å². The molecule has 1 fully saturated rings. The summed E-state index contributed by atoms with van der Waals surface area (Å²) < 4.78 is 0. The predicted molar refractivity (Wildman–Crippen MR) is 61.8 cm³/mol. The van der Waals surface area contributed by atoms with Crippen LogP contribution in [-0.4, -0.2) is 5.91 Å². The zero-order chi connectivity index (χ0) is 11.8. The van der Waals surface area contributed by atoms with Crippen LogP contribution in [0, 0.1) is 30.6 Å². The fraction of sp³-hybridized carbons (Fsp3) is 0.385. The second-order valence-electron chi connectivity index (χ2n) is 4.41. The molecule has 1 aromatic rings. The van der Waals surface area contributed by atoms with Crippen molar-refractivity contribution < 1.29 is 4.79 Å². The smallest absolute Gasteiger partial charge is 0.244 e. The molecule has 0 spiro atoms. The maximum atomic E-state index is 11.9. The number of nitrogens with one attached hydrogen (secondary N) is 1. The third-order valence-corrected chi connectivity index (χ3v) is 3.12. The maximum Gasteiger partial charge on any atom is 0.244 e. The molecule has 0 radical (unpaired) electrons. The molecule has 0 saturated heterocycles. The van der Waals surface area contributed by atoms with Crippen LogP contribution in [0.1, 0.15) is 24.0 Å². The van der Waals surface area contributed by atoms with Crippen LogP contribution in [-0.2, 0) is 4.79 Å². The van der Waals surface area contributed by atoms with E-state index in [0.29, 0.717) is 12.8 Å². The van der Waals surface area contributed by atoms with Gasteiger partial charge in [-0.05, 0) is 37.8 Å². The fourth-order valence-corrected chi connectivity index (χ4v) is 1.76. The molecule has 0 atom stereocenters. The van der Waals surface area contributed by atoms with Gasteiger partial charge in [0.1, 0.15) is 5.41 Å². The van der Waals surface area contributed by atoms with E-state index in [1.54, 1.807) is 0 Å². The number of carbonyl (C=O) groups excluding carboxylic acids is 1. The molecule has 0 unspecified atom stereocenters. The number of rotatable bonds is 2. The summed E-state index contributed by atoms with van der Waals surface area (Å²) in [7, 11) is 0. The lowest BCUT2D eigenvalue weighted by Gasteiger charge is -2.13. The van der Waals surface area contributed by atoms with Gasteiger partial charge in [0, 0.05) is 5.69 Å². The van der Waals surface area contributed by atoms with E-state index in [0.717, 1.165) is 16.8 Å². The van der Waals surface area contributed by atoms with E-state index >= 15 is 0 Å². The number of hydrogen-bond donors (Lipinski definition) is 1. The van der Waals surface area contributed by atoms with Crippen LogP contribution in [0.15, 0.2) is 18.2 Å². The Bertz CT molecular complexity index is 461. The Morgan fingerprint density at radius 2 is 1.94 bits per heavy atom. The number of hydrogen-bond acceptors (Lipinski definition) is 2. The molecule has 2 rings (SSSR count). The van der Waals surface area contributed by atoms with Gasteiger partial charge in [-0.1, -0.05) is 18.2 Å². The maximum absolute atomic E-state index is 11.9. The minimum Gasteiger partial charge on any atom is -0.324 e. The molecular formula is C13H14N2O. The average molecular weight is 214 g/mol. The summed E-state index contributed by atoms with van der Waals surface area (Å²) in [5, 5.41) is 11.8. The summed E-state index contributed by atoms with van der Waals surface area (Å²) in [6, 6.07) is 7.96. The molecule has 3 nitrogen and oxygen atoms in total. The number of anilines is 1. The Kier molecular flexibility index (Phi) is 2.43. The first-order valence-corrected chi connectivity index (χ1v) is 5.38. The van der Waals surface area contributed by atoms with Crippen LogP contribution in [0.2, 0.25) is 0 Å². The summed E-state index contributed by atoms with van der Waals surface area (Å²) >= 11 is 0. The summed E-state index contributed by atoms with van der Waals surface area (Å²) in [6.07, 6.45) is 1.36. The molecule has 1 aliphatic carbocycles. The molecule has 1 aliphatic rings. The normalized spacial score (nSPS) is 16.3. The van der Waals surface area contributed by atoms with Crippen LogP contribution in [0.5, 0.6) is 0 Å². The van der Waals surface area contributed by atoms with Crippen molar-refractivity contribution in [2.45, 2.75) is 26.7 Å². The number of benzene rings is 1. The molecule has 16 heavy (non-hydrogen) atoms. The highest BCUT2D eigenvalue weighted by atomic mass is 16.2. The van der Waals surface area contributed by atoms with E-state index in [9.17, 15) is 4.79 Å². The topological polar surface area (TPSA) is 52.9 Å². The highest BCUT2D eigenvalue weighted by Gasteiger charge is 2.50. The lowest BCUT2D eigenvalue weighted by atomic mass is 10.1. The van der Waals surface area contributed by atoms with E-state index in [-0.39, 0.29) is 5.91 Å². The molecular weight excluding hydrogens is 200 g/mol. The quantitative estimate of drug-likeness (QED) is 0.822. The molecule has 1 saturated carbocycles. The molecule has 3 heteroatoms. The molecule has 0 heterocycles. The van der Waals surface area contributed by atoms with Gasteiger partial charge in [0.15, 0.2) is 0 Å². The largest absolute Gasteiger partial charge is 0.324 e. The third-order valence-electron chi connectivity index (χ3n) is 3.12. The number of nitrogens with zero attached hydrogens (tertiary/aromatic N) is 1. The first-order chi connectivity index (χ1) is 7.59. The van der Waals surface area contributed by atoms with Crippen molar-refractivity contribution in [3.8, 4) is 6.07 Å². The lowest BCUT2D eigenvalue weighted by Crippen LogP contribution is -2.23. The van der Waals surface area contributed by atoms with Crippen LogP contribution >= 0.6 is 0 Å². The van der Waals surface area contributed by atoms with E-state index in [1.807, 2.05) is 32.0 Å². The molecule has 1 aromatic carbocycles. The van der Waals surface area contributed by atoms with Gasteiger partial charge in [-0.25, -0.2) is 0 Å². The number of nitriles is 1. The van der Waals surface area contributed by atoms with Crippen LogP contribution in [0.4, 0.5) is 5.69 Å². The number of amides is 1. The standard InChI is InChI=1S/C13H14N2O/c1-9-4-3-5-10(2)11(9)15-12(16)13(8-14)6-7-13/h3-5H,6-7H2,1-2H3,(H,15,16).